The first-order chi connectivity index (χ1) is 12.0. The number of pyridine rings is 1. The molecule has 0 saturated heterocycles. The zero-order valence-corrected chi connectivity index (χ0v) is 15.5. The summed E-state index contributed by atoms with van der Waals surface area (Å²) in [5.74, 6) is 0.0259. The predicted molar refractivity (Wildman–Crippen MR) is 98.9 cm³/mol. The summed E-state index contributed by atoms with van der Waals surface area (Å²) >= 11 is 12.2. The molecule has 2 aromatic rings. The zero-order chi connectivity index (χ0) is 18.0. The molecule has 1 aromatic carbocycles. The van der Waals surface area contributed by atoms with E-state index < -0.39 is 6.10 Å². The molecule has 132 valence electrons. The van der Waals surface area contributed by atoms with E-state index in [1.165, 1.54) is 0 Å². The van der Waals surface area contributed by atoms with Crippen LogP contribution >= 0.6 is 23.2 Å². The Labute approximate surface area is 157 Å². The van der Waals surface area contributed by atoms with Gasteiger partial charge in [-0.05, 0) is 42.2 Å². The standard InChI is InChI=1S/C19H20Cl2N2O2/c1-2-19(25)23(11-18(24)12-4-3-5-22-10-12)15-6-13-8-16(20)17(21)9-14(13)7-15/h3-5,8-10,15,18,24H,2,6-7,11H2,1H3. The van der Waals surface area contributed by atoms with E-state index in [1.807, 2.05) is 25.1 Å². The van der Waals surface area contributed by atoms with Gasteiger partial charge in [0.15, 0.2) is 0 Å². The molecule has 4 nitrogen and oxygen atoms in total. The average Bonchev–Trinajstić information content (AvgIpc) is 3.02. The van der Waals surface area contributed by atoms with Crippen molar-refractivity contribution in [2.75, 3.05) is 6.54 Å². The fraction of sp³-hybridized carbons (Fsp3) is 0.368. The maximum atomic E-state index is 12.5. The summed E-state index contributed by atoms with van der Waals surface area (Å²) < 4.78 is 0. The van der Waals surface area contributed by atoms with Crippen molar-refractivity contribution in [1.29, 1.82) is 0 Å². The number of aliphatic hydroxyl groups is 1. The molecule has 1 aliphatic carbocycles. The molecule has 6 heteroatoms. The van der Waals surface area contributed by atoms with Crippen LogP contribution in [0.15, 0.2) is 36.7 Å². The summed E-state index contributed by atoms with van der Waals surface area (Å²) in [6.07, 6.45) is 4.36. The van der Waals surface area contributed by atoms with Crippen LogP contribution in [-0.4, -0.2) is 33.5 Å². The van der Waals surface area contributed by atoms with Crippen molar-refractivity contribution in [3.8, 4) is 0 Å². The number of fused-ring (bicyclic) bond motifs is 1. The van der Waals surface area contributed by atoms with Crippen LogP contribution in [0.2, 0.25) is 10.0 Å². The quantitative estimate of drug-likeness (QED) is 0.859. The number of aromatic nitrogens is 1. The fourth-order valence-corrected chi connectivity index (χ4v) is 3.70. The number of halogens is 2. The average molecular weight is 379 g/mol. The van der Waals surface area contributed by atoms with Crippen LogP contribution in [0, 0.1) is 0 Å². The third kappa shape index (κ3) is 3.97. The van der Waals surface area contributed by atoms with Gasteiger partial charge in [0.1, 0.15) is 0 Å². The van der Waals surface area contributed by atoms with E-state index in [1.54, 1.807) is 23.4 Å². The lowest BCUT2D eigenvalue weighted by Crippen LogP contribution is -2.43. The van der Waals surface area contributed by atoms with Crippen molar-refractivity contribution in [1.82, 2.24) is 9.88 Å². The Morgan fingerprint density at radius 1 is 1.32 bits per heavy atom. The Kier molecular flexibility index (Phi) is 5.62. The Hall–Kier alpha value is -1.62. The van der Waals surface area contributed by atoms with Gasteiger partial charge in [-0.3, -0.25) is 9.78 Å². The molecule has 1 atom stereocenters. The van der Waals surface area contributed by atoms with Crippen LogP contribution in [0.3, 0.4) is 0 Å². The summed E-state index contributed by atoms with van der Waals surface area (Å²) in [6.45, 7) is 2.08. The van der Waals surface area contributed by atoms with Crippen LogP contribution in [0.1, 0.15) is 36.1 Å². The molecule has 1 aliphatic rings. The normalized spacial score (nSPS) is 15.0. The van der Waals surface area contributed by atoms with Crippen molar-refractivity contribution in [3.63, 3.8) is 0 Å². The molecule has 0 fully saturated rings. The van der Waals surface area contributed by atoms with Gasteiger partial charge in [0.2, 0.25) is 5.91 Å². The Bertz CT molecular complexity index is 737. The number of carbonyl (C=O) groups excluding carboxylic acids is 1. The summed E-state index contributed by atoms with van der Waals surface area (Å²) in [6, 6.07) is 7.36. The SMILES string of the molecule is CCC(=O)N(CC(O)c1cccnc1)C1Cc2cc(Cl)c(Cl)cc2C1. The molecule has 1 N–H and O–H groups in total. The van der Waals surface area contributed by atoms with Crippen LogP contribution < -0.4 is 0 Å². The van der Waals surface area contributed by atoms with Gasteiger partial charge in [0, 0.05) is 30.4 Å². The second-order valence-corrected chi connectivity index (χ2v) is 7.11. The maximum Gasteiger partial charge on any atom is 0.222 e. The number of aliphatic hydroxyl groups excluding tert-OH is 1. The van der Waals surface area contributed by atoms with E-state index in [2.05, 4.69) is 4.98 Å². The fourth-order valence-electron chi connectivity index (χ4n) is 3.33. The van der Waals surface area contributed by atoms with Gasteiger partial charge in [-0.25, -0.2) is 0 Å². The molecule has 0 aliphatic heterocycles. The van der Waals surface area contributed by atoms with Gasteiger partial charge in [0.05, 0.1) is 22.7 Å². The highest BCUT2D eigenvalue weighted by atomic mass is 35.5. The number of rotatable bonds is 5. The second kappa shape index (κ2) is 7.73. The predicted octanol–water partition coefficient (Wildman–Crippen LogP) is 3.83. The van der Waals surface area contributed by atoms with Crippen LogP contribution in [-0.2, 0) is 17.6 Å². The van der Waals surface area contributed by atoms with Gasteiger partial charge in [-0.15, -0.1) is 0 Å². The van der Waals surface area contributed by atoms with Crippen molar-refractivity contribution >= 4 is 29.1 Å². The van der Waals surface area contributed by atoms with Crippen molar-refractivity contribution < 1.29 is 9.90 Å². The smallest absolute Gasteiger partial charge is 0.222 e. The zero-order valence-electron chi connectivity index (χ0n) is 14.0. The molecule has 1 heterocycles. The second-order valence-electron chi connectivity index (χ2n) is 6.30. The van der Waals surface area contributed by atoms with E-state index in [-0.39, 0.29) is 18.5 Å². The summed E-state index contributed by atoms with van der Waals surface area (Å²) in [7, 11) is 0. The first-order valence-corrected chi connectivity index (χ1v) is 9.09. The minimum atomic E-state index is -0.764. The molecule has 0 saturated carbocycles. The molecular formula is C19H20Cl2N2O2. The lowest BCUT2D eigenvalue weighted by atomic mass is 10.1. The summed E-state index contributed by atoms with van der Waals surface area (Å²) in [5, 5.41) is 11.6. The van der Waals surface area contributed by atoms with E-state index >= 15 is 0 Å². The van der Waals surface area contributed by atoms with Crippen LogP contribution in [0.5, 0.6) is 0 Å². The highest BCUT2D eigenvalue weighted by Crippen LogP contribution is 2.33. The van der Waals surface area contributed by atoms with Crippen molar-refractivity contribution in [3.05, 3.63) is 63.4 Å². The van der Waals surface area contributed by atoms with Crippen molar-refractivity contribution in [2.24, 2.45) is 0 Å². The van der Waals surface area contributed by atoms with Crippen LogP contribution in [0.4, 0.5) is 0 Å². The minimum Gasteiger partial charge on any atom is -0.386 e. The maximum absolute atomic E-state index is 12.5. The van der Waals surface area contributed by atoms with Gasteiger partial charge in [0.25, 0.3) is 0 Å². The molecule has 3 rings (SSSR count). The number of hydrogen-bond acceptors (Lipinski definition) is 3. The number of hydrogen-bond donors (Lipinski definition) is 1. The molecule has 1 unspecified atom stereocenters. The molecule has 25 heavy (non-hydrogen) atoms. The topological polar surface area (TPSA) is 53.4 Å². The summed E-state index contributed by atoms with van der Waals surface area (Å²) in [4.78, 5) is 18.3. The molecular weight excluding hydrogens is 359 g/mol. The van der Waals surface area contributed by atoms with E-state index in [4.69, 9.17) is 23.2 Å². The van der Waals surface area contributed by atoms with E-state index in [9.17, 15) is 9.90 Å². The highest BCUT2D eigenvalue weighted by molar-refractivity contribution is 6.42. The number of nitrogens with zero attached hydrogens (tertiary/aromatic N) is 2. The Morgan fingerprint density at radius 3 is 2.48 bits per heavy atom. The van der Waals surface area contributed by atoms with Gasteiger partial charge >= 0.3 is 0 Å². The minimum absolute atomic E-state index is 0.00306. The lowest BCUT2D eigenvalue weighted by Gasteiger charge is -2.31. The van der Waals surface area contributed by atoms with Crippen LogP contribution in [0.25, 0.3) is 0 Å². The third-order valence-corrected chi connectivity index (χ3v) is 5.38. The Morgan fingerprint density at radius 2 is 1.96 bits per heavy atom. The van der Waals surface area contributed by atoms with Crippen molar-refractivity contribution in [2.45, 2.75) is 38.3 Å². The third-order valence-electron chi connectivity index (χ3n) is 4.66. The first kappa shape index (κ1) is 18.2. The monoisotopic (exact) mass is 378 g/mol. The number of benzene rings is 1. The largest absolute Gasteiger partial charge is 0.386 e. The molecule has 1 aromatic heterocycles. The molecule has 0 spiro atoms. The first-order valence-electron chi connectivity index (χ1n) is 8.33. The van der Waals surface area contributed by atoms with E-state index in [0.29, 0.717) is 22.0 Å². The van der Waals surface area contributed by atoms with E-state index in [0.717, 1.165) is 24.0 Å². The summed E-state index contributed by atoms with van der Waals surface area (Å²) in [5.41, 5.74) is 2.94. The molecule has 0 bridgehead atoms. The van der Waals surface area contributed by atoms with Gasteiger partial charge in [-0.1, -0.05) is 36.2 Å². The Balaban J connectivity index is 1.79. The van der Waals surface area contributed by atoms with Gasteiger partial charge in [-0.2, -0.15) is 0 Å². The highest BCUT2D eigenvalue weighted by Gasteiger charge is 2.31. The molecule has 1 amide bonds. The number of amides is 1. The lowest BCUT2D eigenvalue weighted by molar-refractivity contribution is -0.134. The molecule has 0 radical (unpaired) electrons. The van der Waals surface area contributed by atoms with Gasteiger partial charge < -0.3 is 10.0 Å². The number of carbonyl (C=O) groups is 1.